The van der Waals surface area contributed by atoms with Crippen LogP contribution >= 0.6 is 0 Å². The molecule has 1 rings (SSSR count). The third-order valence-corrected chi connectivity index (χ3v) is 1.21. The molecule has 1 aliphatic heterocycles. The lowest BCUT2D eigenvalue weighted by molar-refractivity contribution is 0.448. The van der Waals surface area contributed by atoms with Gasteiger partial charge in [0.2, 0.25) is 0 Å². The highest BCUT2D eigenvalue weighted by Crippen LogP contribution is 1.96. The minimum absolute atomic E-state index is 0.750. The number of piperidine rings is 1. The van der Waals surface area contributed by atoms with E-state index in [2.05, 4.69) is 5.32 Å². The van der Waals surface area contributed by atoms with Crippen molar-refractivity contribution in [1.82, 2.24) is 5.32 Å². The molecule has 0 saturated carbocycles. The standard InChI is InChI=1S/C5H11N.BH3O2/c1-2-4-6-5-3-1;2-1-3/h6H,1-5H2;1-3H. The smallest absolute Gasteiger partial charge is 0.430 e. The first-order valence-corrected chi connectivity index (χ1v) is 3.34. The van der Waals surface area contributed by atoms with Gasteiger partial charge in [-0.1, -0.05) is 6.42 Å². The molecule has 1 fully saturated rings. The summed E-state index contributed by atoms with van der Waals surface area (Å²) in [4.78, 5) is 0. The quantitative estimate of drug-likeness (QED) is 0.369. The molecule has 0 aromatic heterocycles. The van der Waals surface area contributed by atoms with Crippen molar-refractivity contribution >= 4 is 7.69 Å². The molecule has 0 aromatic carbocycles. The summed E-state index contributed by atoms with van der Waals surface area (Å²) < 4.78 is 0. The van der Waals surface area contributed by atoms with Crippen LogP contribution in [-0.2, 0) is 0 Å². The van der Waals surface area contributed by atoms with Crippen molar-refractivity contribution in [1.29, 1.82) is 0 Å². The summed E-state index contributed by atoms with van der Waals surface area (Å²) in [5.41, 5.74) is 0. The third-order valence-electron chi connectivity index (χ3n) is 1.21. The zero-order chi connectivity index (χ0) is 6.95. The normalized spacial score (nSPS) is 17.6. The second-order valence-electron chi connectivity index (χ2n) is 1.95. The molecule has 1 aliphatic rings. The predicted molar refractivity (Wildman–Crippen MR) is 38.3 cm³/mol. The van der Waals surface area contributed by atoms with Gasteiger partial charge in [0.05, 0.1) is 0 Å². The molecule has 1 saturated heterocycles. The van der Waals surface area contributed by atoms with Gasteiger partial charge in [-0.15, -0.1) is 0 Å². The lowest BCUT2D eigenvalue weighted by Crippen LogP contribution is -2.21. The summed E-state index contributed by atoms with van der Waals surface area (Å²) in [6, 6.07) is 0. The van der Waals surface area contributed by atoms with Gasteiger partial charge in [-0.2, -0.15) is 0 Å². The fraction of sp³-hybridized carbons (Fsp3) is 1.00. The van der Waals surface area contributed by atoms with Crippen LogP contribution in [0.25, 0.3) is 0 Å². The molecule has 4 heteroatoms. The van der Waals surface area contributed by atoms with Gasteiger partial charge in [-0.05, 0) is 25.9 Å². The van der Waals surface area contributed by atoms with Crippen molar-refractivity contribution in [3.05, 3.63) is 0 Å². The summed E-state index contributed by atoms with van der Waals surface area (Å²) in [6.07, 6.45) is 4.22. The summed E-state index contributed by atoms with van der Waals surface area (Å²) in [5, 5.41) is 17.5. The molecular weight excluding hydrogens is 117 g/mol. The van der Waals surface area contributed by atoms with Crippen LogP contribution in [0.15, 0.2) is 0 Å². The van der Waals surface area contributed by atoms with Gasteiger partial charge >= 0.3 is 7.69 Å². The highest BCUT2D eigenvalue weighted by molar-refractivity contribution is 6.13. The Morgan fingerprint density at radius 2 is 1.44 bits per heavy atom. The molecule has 0 aromatic rings. The van der Waals surface area contributed by atoms with Crippen LogP contribution in [0.2, 0.25) is 0 Å². The number of hydrogen-bond donors (Lipinski definition) is 3. The maximum Gasteiger partial charge on any atom is 0.432 e. The van der Waals surface area contributed by atoms with E-state index < -0.39 is 7.69 Å². The second-order valence-corrected chi connectivity index (χ2v) is 1.95. The largest absolute Gasteiger partial charge is 0.432 e. The molecule has 0 atom stereocenters. The second kappa shape index (κ2) is 7.94. The SMILES string of the molecule is C1CCNCC1.OBO. The molecule has 0 unspecified atom stereocenters. The van der Waals surface area contributed by atoms with Gasteiger partial charge < -0.3 is 15.4 Å². The predicted octanol–water partition coefficient (Wildman–Crippen LogP) is -1.00. The van der Waals surface area contributed by atoms with Crippen LogP contribution in [0.1, 0.15) is 19.3 Å². The first kappa shape index (κ1) is 8.94. The molecule has 0 bridgehead atoms. The van der Waals surface area contributed by atoms with E-state index in [0.717, 1.165) is 0 Å². The molecule has 54 valence electrons. The molecule has 1 heterocycles. The average molecular weight is 131 g/mol. The lowest BCUT2D eigenvalue weighted by atomic mass is 10.2. The van der Waals surface area contributed by atoms with E-state index >= 15 is 0 Å². The van der Waals surface area contributed by atoms with Crippen LogP contribution in [0.3, 0.4) is 0 Å². The van der Waals surface area contributed by atoms with Crippen molar-refractivity contribution in [3.8, 4) is 0 Å². The number of hydrogen-bond acceptors (Lipinski definition) is 3. The Balaban J connectivity index is 0.000000187. The Labute approximate surface area is 56.4 Å². The van der Waals surface area contributed by atoms with E-state index in [1.54, 1.807) is 0 Å². The topological polar surface area (TPSA) is 52.5 Å². The molecule has 3 N–H and O–H groups in total. The molecule has 0 spiro atoms. The monoisotopic (exact) mass is 131 g/mol. The molecule has 0 aliphatic carbocycles. The highest BCUT2D eigenvalue weighted by atomic mass is 16.4. The van der Waals surface area contributed by atoms with Gasteiger partial charge in [-0.3, -0.25) is 0 Å². The molecule has 3 nitrogen and oxygen atoms in total. The first-order chi connectivity index (χ1) is 4.41. The van der Waals surface area contributed by atoms with E-state index in [-0.39, 0.29) is 0 Å². The molecule has 0 amide bonds. The molecule has 0 radical (unpaired) electrons. The summed E-state index contributed by atoms with van der Waals surface area (Å²) in [6.45, 7) is 2.50. The van der Waals surface area contributed by atoms with Crippen LogP contribution < -0.4 is 5.32 Å². The average Bonchev–Trinajstić information content (AvgIpc) is 1.93. The maximum absolute atomic E-state index is 7.12. The van der Waals surface area contributed by atoms with E-state index in [9.17, 15) is 0 Å². The van der Waals surface area contributed by atoms with Crippen molar-refractivity contribution in [2.24, 2.45) is 0 Å². The van der Waals surface area contributed by atoms with E-state index in [1.165, 1.54) is 32.4 Å². The van der Waals surface area contributed by atoms with Crippen LogP contribution in [0.4, 0.5) is 0 Å². The zero-order valence-corrected chi connectivity index (χ0v) is 5.64. The third kappa shape index (κ3) is 7.94. The van der Waals surface area contributed by atoms with Gasteiger partial charge in [0, 0.05) is 0 Å². The number of rotatable bonds is 0. The van der Waals surface area contributed by atoms with E-state index in [1.807, 2.05) is 0 Å². The van der Waals surface area contributed by atoms with Crippen LogP contribution in [0, 0.1) is 0 Å². The zero-order valence-electron chi connectivity index (χ0n) is 5.64. The van der Waals surface area contributed by atoms with Crippen molar-refractivity contribution in [2.45, 2.75) is 19.3 Å². The Morgan fingerprint density at radius 1 is 1.00 bits per heavy atom. The fourth-order valence-corrected chi connectivity index (χ4v) is 0.802. The van der Waals surface area contributed by atoms with E-state index in [0.29, 0.717) is 0 Å². The summed E-state index contributed by atoms with van der Waals surface area (Å²) in [5.74, 6) is 0. The molecule has 9 heavy (non-hydrogen) atoms. The Morgan fingerprint density at radius 3 is 1.56 bits per heavy atom. The summed E-state index contributed by atoms with van der Waals surface area (Å²) >= 11 is 0. The van der Waals surface area contributed by atoms with E-state index in [4.69, 9.17) is 10.0 Å². The Bertz CT molecular complexity index is 38.7. The van der Waals surface area contributed by atoms with Gasteiger partial charge in [0.25, 0.3) is 0 Å². The van der Waals surface area contributed by atoms with Crippen molar-refractivity contribution in [2.75, 3.05) is 13.1 Å². The number of nitrogens with one attached hydrogen (secondary N) is 1. The first-order valence-electron chi connectivity index (χ1n) is 3.34. The lowest BCUT2D eigenvalue weighted by Gasteiger charge is -2.08. The van der Waals surface area contributed by atoms with Crippen molar-refractivity contribution in [3.63, 3.8) is 0 Å². The Kier molecular flexibility index (Phi) is 7.90. The summed E-state index contributed by atoms with van der Waals surface area (Å²) in [7, 11) is -0.750. The highest BCUT2D eigenvalue weighted by Gasteiger charge is 1.93. The van der Waals surface area contributed by atoms with Crippen LogP contribution in [-0.4, -0.2) is 30.8 Å². The minimum atomic E-state index is -0.750. The van der Waals surface area contributed by atoms with Gasteiger partial charge in [-0.25, -0.2) is 0 Å². The van der Waals surface area contributed by atoms with Gasteiger partial charge in [0.15, 0.2) is 0 Å². The van der Waals surface area contributed by atoms with Crippen LogP contribution in [0.5, 0.6) is 0 Å². The van der Waals surface area contributed by atoms with Crippen molar-refractivity contribution < 1.29 is 10.0 Å². The minimum Gasteiger partial charge on any atom is -0.430 e. The van der Waals surface area contributed by atoms with Gasteiger partial charge in [0.1, 0.15) is 0 Å². The maximum atomic E-state index is 7.12. The molecular formula is C5H14BNO2. The Hall–Kier alpha value is -0.0551. The fourth-order valence-electron chi connectivity index (χ4n) is 0.802.